The molecule has 3 nitrogen and oxygen atoms in total. The van der Waals surface area contributed by atoms with Gasteiger partial charge in [0.05, 0.1) is 18.3 Å². The molecule has 0 amide bonds. The zero-order chi connectivity index (χ0) is 24.1. The third kappa shape index (κ3) is 3.13. The second kappa shape index (κ2) is 7.81. The van der Waals surface area contributed by atoms with Gasteiger partial charge in [-0.3, -0.25) is 0 Å². The number of aliphatic hydroxyl groups is 1. The van der Waals surface area contributed by atoms with Crippen LogP contribution in [0.4, 0.5) is 0 Å². The fraction of sp³-hybridized carbons (Fsp3) is 0.812. The topological polar surface area (TPSA) is 41.5 Å². The van der Waals surface area contributed by atoms with Crippen LogP contribution in [0, 0.1) is 45.3 Å². The van der Waals surface area contributed by atoms with Crippen molar-refractivity contribution < 1.29 is 11.3 Å². The SMILES string of the molecule is CC12CC[C@@]34CC35CC[C@H](O)C(C)(C)C5CCC4C1CC1OC(CNCc3ccccc3)CCC12.[HH]. The summed E-state index contributed by atoms with van der Waals surface area (Å²) in [5.41, 5.74) is 3.10. The number of hydrogen-bond donors (Lipinski definition) is 2. The third-order valence-electron chi connectivity index (χ3n) is 13.2. The van der Waals surface area contributed by atoms with Crippen LogP contribution < -0.4 is 5.32 Å². The molecule has 6 fully saturated rings. The van der Waals surface area contributed by atoms with E-state index in [-0.39, 0.29) is 12.9 Å². The predicted octanol–water partition coefficient (Wildman–Crippen LogP) is 6.59. The number of benzene rings is 1. The first kappa shape index (κ1) is 23.2. The van der Waals surface area contributed by atoms with Crippen molar-refractivity contribution in [2.45, 2.75) is 110 Å². The Morgan fingerprint density at radius 1 is 0.914 bits per heavy atom. The predicted molar refractivity (Wildman–Crippen MR) is 142 cm³/mol. The second-order valence-corrected chi connectivity index (χ2v) is 14.5. The van der Waals surface area contributed by atoms with Crippen molar-refractivity contribution in [3.63, 3.8) is 0 Å². The van der Waals surface area contributed by atoms with Gasteiger partial charge in [0.15, 0.2) is 0 Å². The van der Waals surface area contributed by atoms with E-state index >= 15 is 0 Å². The van der Waals surface area contributed by atoms with Crippen molar-refractivity contribution in [2.24, 2.45) is 45.3 Å². The summed E-state index contributed by atoms with van der Waals surface area (Å²) in [7, 11) is 0. The lowest BCUT2D eigenvalue weighted by molar-refractivity contribution is -0.135. The van der Waals surface area contributed by atoms with Crippen LogP contribution in [0.1, 0.15) is 92.0 Å². The van der Waals surface area contributed by atoms with E-state index in [0.717, 1.165) is 43.2 Å². The standard InChI is InChI=1S/C32H47NO2.H2/c1-29(2)27-12-11-23-25-17-26-24(10-9-22(35-26)19-33-18-21-7-5-4-6-8-21)30(25,3)15-16-31(23)20-32(27,31)14-13-28(29)34;/h4-8,22-28,33-34H,9-20H2,1-3H3;1H/t22?,23?,24?,25?,26?,27?,28-,30?,31-,32?;/m0./s1. The van der Waals surface area contributed by atoms with E-state index in [0.29, 0.717) is 28.5 Å². The highest BCUT2D eigenvalue weighted by molar-refractivity contribution is 5.29. The van der Waals surface area contributed by atoms with Crippen molar-refractivity contribution in [3.8, 4) is 0 Å². The first-order valence-electron chi connectivity index (χ1n) is 14.9. The molecule has 35 heavy (non-hydrogen) atoms. The third-order valence-corrected chi connectivity index (χ3v) is 13.2. The average molecular weight is 480 g/mol. The highest BCUT2D eigenvalue weighted by Gasteiger charge is 2.80. The molecule has 8 unspecified atom stereocenters. The lowest BCUT2D eigenvalue weighted by Crippen LogP contribution is -2.54. The van der Waals surface area contributed by atoms with Crippen LogP contribution in [0.25, 0.3) is 0 Å². The number of nitrogens with one attached hydrogen (secondary N) is 1. The molecule has 1 saturated heterocycles. The summed E-state index contributed by atoms with van der Waals surface area (Å²) in [4.78, 5) is 0. The minimum Gasteiger partial charge on any atom is -0.393 e. The lowest BCUT2D eigenvalue weighted by atomic mass is 9.46. The lowest BCUT2D eigenvalue weighted by Gasteiger charge is -2.59. The van der Waals surface area contributed by atoms with Crippen LogP contribution in [0.5, 0.6) is 0 Å². The van der Waals surface area contributed by atoms with Gasteiger partial charge in [-0.1, -0.05) is 51.1 Å². The van der Waals surface area contributed by atoms with Crippen LogP contribution in [0.3, 0.4) is 0 Å². The molecule has 0 radical (unpaired) electrons. The molecule has 5 aliphatic carbocycles. The molecule has 0 bridgehead atoms. The van der Waals surface area contributed by atoms with Crippen LogP contribution >= 0.6 is 0 Å². The van der Waals surface area contributed by atoms with E-state index in [1.165, 1.54) is 63.4 Å². The van der Waals surface area contributed by atoms with Gasteiger partial charge < -0.3 is 15.2 Å². The number of fused-ring (bicyclic) bond motifs is 4. The maximum atomic E-state index is 10.9. The van der Waals surface area contributed by atoms with E-state index in [4.69, 9.17) is 4.74 Å². The smallest absolute Gasteiger partial charge is 0.0703 e. The largest absolute Gasteiger partial charge is 0.393 e. The molecular weight excluding hydrogens is 430 g/mol. The van der Waals surface area contributed by atoms with E-state index < -0.39 is 0 Å². The fourth-order valence-electron chi connectivity index (χ4n) is 11.4. The van der Waals surface area contributed by atoms with Gasteiger partial charge >= 0.3 is 0 Å². The Hall–Kier alpha value is -0.900. The van der Waals surface area contributed by atoms with Crippen LogP contribution in [-0.4, -0.2) is 30.0 Å². The van der Waals surface area contributed by atoms with Crippen LogP contribution in [0.15, 0.2) is 30.3 Å². The summed E-state index contributed by atoms with van der Waals surface area (Å²) in [5, 5.41) is 14.5. The van der Waals surface area contributed by atoms with Crippen molar-refractivity contribution in [3.05, 3.63) is 35.9 Å². The Morgan fingerprint density at radius 2 is 1.71 bits per heavy atom. The molecule has 194 valence electrons. The molecule has 0 aromatic heterocycles. The van der Waals surface area contributed by atoms with Gasteiger partial charge in [-0.25, -0.2) is 0 Å². The van der Waals surface area contributed by atoms with Crippen molar-refractivity contribution in [1.29, 1.82) is 0 Å². The van der Waals surface area contributed by atoms with Crippen molar-refractivity contribution in [1.82, 2.24) is 5.32 Å². The molecule has 1 heterocycles. The van der Waals surface area contributed by atoms with Gasteiger partial charge in [-0.2, -0.15) is 0 Å². The van der Waals surface area contributed by atoms with Crippen LogP contribution in [0.2, 0.25) is 0 Å². The Labute approximate surface area is 214 Å². The molecule has 10 atom stereocenters. The highest BCUT2D eigenvalue weighted by Crippen LogP contribution is 2.87. The summed E-state index contributed by atoms with van der Waals surface area (Å²) >= 11 is 0. The van der Waals surface area contributed by atoms with Gasteiger partial charge in [0, 0.05) is 14.5 Å². The Morgan fingerprint density at radius 3 is 2.54 bits per heavy atom. The normalized spacial score (nSPS) is 51.4. The Bertz CT molecular complexity index is 968. The van der Waals surface area contributed by atoms with Gasteiger partial charge in [0.1, 0.15) is 0 Å². The van der Waals surface area contributed by atoms with Gasteiger partial charge in [0.2, 0.25) is 0 Å². The van der Waals surface area contributed by atoms with E-state index in [1.807, 2.05) is 0 Å². The summed E-state index contributed by atoms with van der Waals surface area (Å²) in [6.45, 7) is 9.35. The maximum Gasteiger partial charge on any atom is 0.0703 e. The first-order valence-corrected chi connectivity index (χ1v) is 14.9. The number of hydrogen-bond acceptors (Lipinski definition) is 3. The highest BCUT2D eigenvalue weighted by atomic mass is 16.5. The molecule has 3 heteroatoms. The number of ether oxygens (including phenoxy) is 1. The number of aliphatic hydroxyl groups excluding tert-OH is 1. The number of rotatable bonds is 4. The van der Waals surface area contributed by atoms with E-state index in [1.54, 1.807) is 0 Å². The molecule has 1 aliphatic heterocycles. The molecule has 2 spiro atoms. The second-order valence-electron chi connectivity index (χ2n) is 14.5. The summed E-state index contributed by atoms with van der Waals surface area (Å²) < 4.78 is 6.89. The fourth-order valence-corrected chi connectivity index (χ4v) is 11.4. The summed E-state index contributed by atoms with van der Waals surface area (Å²) in [5.74, 6) is 3.27. The molecule has 7 rings (SSSR count). The molecule has 1 aromatic carbocycles. The summed E-state index contributed by atoms with van der Waals surface area (Å²) in [6, 6.07) is 10.8. The molecule has 1 aromatic rings. The Kier molecular flexibility index (Phi) is 5.18. The average Bonchev–Trinajstić information content (AvgIpc) is 3.43. The van der Waals surface area contributed by atoms with Gasteiger partial charge in [0.25, 0.3) is 0 Å². The molecule has 6 aliphatic rings. The monoisotopic (exact) mass is 479 g/mol. The van der Waals surface area contributed by atoms with E-state index in [2.05, 4.69) is 56.4 Å². The van der Waals surface area contributed by atoms with Crippen LogP contribution in [-0.2, 0) is 11.3 Å². The maximum absolute atomic E-state index is 10.9. The van der Waals surface area contributed by atoms with Gasteiger partial charge in [-0.15, -0.1) is 0 Å². The van der Waals surface area contributed by atoms with Crippen molar-refractivity contribution >= 4 is 0 Å². The molecule has 2 N–H and O–H groups in total. The Balaban J connectivity index is 0.00000240. The summed E-state index contributed by atoms with van der Waals surface area (Å²) in [6.07, 6.45) is 14.1. The first-order chi connectivity index (χ1) is 16.8. The van der Waals surface area contributed by atoms with Crippen molar-refractivity contribution in [2.75, 3.05) is 6.54 Å². The quantitative estimate of drug-likeness (QED) is 0.512. The molecular formula is C32H49NO2. The zero-order valence-electron chi connectivity index (χ0n) is 22.3. The van der Waals surface area contributed by atoms with Gasteiger partial charge in [-0.05, 0) is 115 Å². The molecule has 5 saturated carbocycles. The minimum atomic E-state index is -0.101. The zero-order valence-corrected chi connectivity index (χ0v) is 22.3. The van der Waals surface area contributed by atoms with E-state index in [9.17, 15) is 5.11 Å². The minimum absolute atomic E-state index is 0.